The lowest BCUT2D eigenvalue weighted by Crippen LogP contribution is -2.51. The minimum atomic E-state index is -0.148. The largest absolute Gasteiger partial charge is 0.374 e. The lowest BCUT2D eigenvalue weighted by Gasteiger charge is -2.37. The lowest BCUT2D eigenvalue weighted by molar-refractivity contribution is -0.0447. The maximum absolute atomic E-state index is 13.2. The average molecular weight is 327 g/mol. The Kier molecular flexibility index (Phi) is 3.84. The van der Waals surface area contributed by atoms with Crippen molar-refractivity contribution in [1.29, 1.82) is 0 Å². The molecule has 6 nitrogen and oxygen atoms in total. The Balaban J connectivity index is 1.82. The molecule has 0 spiro atoms. The summed E-state index contributed by atoms with van der Waals surface area (Å²) in [4.78, 5) is 27.6. The number of fused-ring (bicyclic) bond motifs is 2. The maximum atomic E-state index is 13.2. The number of rotatable bonds is 2. The zero-order valence-corrected chi connectivity index (χ0v) is 13.8. The summed E-state index contributed by atoms with van der Waals surface area (Å²) in [7, 11) is 0. The van der Waals surface area contributed by atoms with E-state index >= 15 is 0 Å². The molecule has 126 valence electrons. The van der Waals surface area contributed by atoms with Gasteiger partial charge in [0.25, 0.3) is 11.5 Å². The number of aryl methyl sites for hydroxylation is 1. The Morgan fingerprint density at radius 1 is 1.29 bits per heavy atom. The Morgan fingerprint density at radius 3 is 2.88 bits per heavy atom. The second kappa shape index (κ2) is 6.02. The predicted molar refractivity (Wildman–Crippen MR) is 90.1 cm³/mol. The first-order chi connectivity index (χ1) is 11.7. The monoisotopic (exact) mass is 327 g/mol. The van der Waals surface area contributed by atoms with Gasteiger partial charge in [0.15, 0.2) is 5.69 Å². The van der Waals surface area contributed by atoms with E-state index in [9.17, 15) is 9.59 Å². The first kappa shape index (κ1) is 15.3. The second-order valence-electron chi connectivity index (χ2n) is 6.42. The van der Waals surface area contributed by atoms with Gasteiger partial charge in [-0.15, -0.1) is 0 Å². The molecule has 2 aromatic rings. The molecule has 1 aliphatic carbocycles. The van der Waals surface area contributed by atoms with Crippen LogP contribution in [0.2, 0.25) is 0 Å². The van der Waals surface area contributed by atoms with Gasteiger partial charge in [0, 0.05) is 18.5 Å². The summed E-state index contributed by atoms with van der Waals surface area (Å²) in [5, 5.41) is 5.57. The van der Waals surface area contributed by atoms with Gasteiger partial charge in [-0.25, -0.2) is 4.68 Å². The van der Waals surface area contributed by atoms with E-state index < -0.39 is 0 Å². The van der Waals surface area contributed by atoms with Gasteiger partial charge in [-0.05, 0) is 32.3 Å². The molecule has 0 unspecified atom stereocenters. The van der Waals surface area contributed by atoms with Gasteiger partial charge in [0.1, 0.15) is 0 Å². The molecule has 1 amide bonds. The molecular weight excluding hydrogens is 306 g/mol. The van der Waals surface area contributed by atoms with Crippen molar-refractivity contribution in [3.05, 3.63) is 40.3 Å². The van der Waals surface area contributed by atoms with E-state index in [1.54, 1.807) is 6.07 Å². The van der Waals surface area contributed by atoms with Crippen molar-refractivity contribution >= 4 is 16.7 Å². The van der Waals surface area contributed by atoms with Gasteiger partial charge >= 0.3 is 0 Å². The van der Waals surface area contributed by atoms with Gasteiger partial charge in [-0.1, -0.05) is 18.2 Å². The molecule has 2 atom stereocenters. The van der Waals surface area contributed by atoms with Gasteiger partial charge in [-0.2, -0.15) is 5.10 Å². The summed E-state index contributed by atoms with van der Waals surface area (Å²) >= 11 is 0. The molecule has 4 rings (SSSR count). The molecule has 2 heterocycles. The molecule has 1 aliphatic heterocycles. The molecule has 1 aromatic carbocycles. The summed E-state index contributed by atoms with van der Waals surface area (Å²) < 4.78 is 7.18. The van der Waals surface area contributed by atoms with Gasteiger partial charge in [0.05, 0.1) is 24.1 Å². The van der Waals surface area contributed by atoms with E-state index in [2.05, 4.69) is 5.10 Å². The number of benzene rings is 1. The third-order valence-corrected chi connectivity index (χ3v) is 5.11. The standard InChI is InChI=1S/C18H21N3O3/c1-2-21-17(22)13-7-4-3-6-12(13)16(19-21)18(23)20-10-11-24-15-9-5-8-14(15)20/h3-4,6-7,14-15H,2,5,8-11H2,1H3/t14-,15+/m1/s1. The summed E-state index contributed by atoms with van der Waals surface area (Å²) in [5.74, 6) is -0.0893. The average Bonchev–Trinajstić information content (AvgIpc) is 3.10. The molecule has 24 heavy (non-hydrogen) atoms. The second-order valence-corrected chi connectivity index (χ2v) is 6.42. The van der Waals surface area contributed by atoms with Crippen molar-refractivity contribution in [2.24, 2.45) is 0 Å². The van der Waals surface area contributed by atoms with E-state index in [0.29, 0.717) is 36.2 Å². The molecule has 0 radical (unpaired) electrons. The van der Waals surface area contributed by atoms with Crippen LogP contribution in [0.5, 0.6) is 0 Å². The fourth-order valence-corrected chi connectivity index (χ4v) is 3.92. The summed E-state index contributed by atoms with van der Waals surface area (Å²) in [5.41, 5.74) is 0.227. The number of hydrogen-bond acceptors (Lipinski definition) is 4. The van der Waals surface area contributed by atoms with Crippen molar-refractivity contribution in [3.63, 3.8) is 0 Å². The first-order valence-corrected chi connectivity index (χ1v) is 8.63. The molecule has 2 aliphatic rings. The molecule has 1 aromatic heterocycles. The highest BCUT2D eigenvalue weighted by Gasteiger charge is 2.39. The van der Waals surface area contributed by atoms with Crippen molar-refractivity contribution in [1.82, 2.24) is 14.7 Å². The van der Waals surface area contributed by atoms with Gasteiger partial charge < -0.3 is 9.64 Å². The van der Waals surface area contributed by atoms with Crippen LogP contribution in [0.15, 0.2) is 29.1 Å². The molecule has 1 saturated heterocycles. The Labute approximate surface area is 140 Å². The SMILES string of the molecule is CCn1nc(C(=O)N2CCO[C@H]3CCC[C@H]32)c2ccccc2c1=O. The van der Waals surface area contributed by atoms with Crippen LogP contribution in [0.4, 0.5) is 0 Å². The zero-order valence-electron chi connectivity index (χ0n) is 13.8. The van der Waals surface area contributed by atoms with E-state index in [1.165, 1.54) is 4.68 Å². The predicted octanol–water partition coefficient (Wildman–Crippen LogP) is 1.81. The Morgan fingerprint density at radius 2 is 2.08 bits per heavy atom. The van der Waals surface area contributed by atoms with Crippen LogP contribution in [0.25, 0.3) is 10.8 Å². The van der Waals surface area contributed by atoms with Crippen molar-refractivity contribution < 1.29 is 9.53 Å². The van der Waals surface area contributed by atoms with Crippen molar-refractivity contribution in [3.8, 4) is 0 Å². The normalized spacial score (nSPS) is 23.5. The maximum Gasteiger partial charge on any atom is 0.275 e. The van der Waals surface area contributed by atoms with Crippen LogP contribution in [0.1, 0.15) is 36.7 Å². The Hall–Kier alpha value is -2.21. The minimum absolute atomic E-state index is 0.0893. The number of ether oxygens (including phenoxy) is 1. The number of carbonyl (C=O) groups excluding carboxylic acids is 1. The number of nitrogens with zero attached hydrogens (tertiary/aromatic N) is 3. The highest BCUT2D eigenvalue weighted by atomic mass is 16.5. The van der Waals surface area contributed by atoms with Crippen molar-refractivity contribution in [2.75, 3.05) is 13.2 Å². The summed E-state index contributed by atoms with van der Waals surface area (Å²) in [6.07, 6.45) is 3.21. The summed E-state index contributed by atoms with van der Waals surface area (Å²) in [6, 6.07) is 7.37. The zero-order chi connectivity index (χ0) is 16.7. The third-order valence-electron chi connectivity index (χ3n) is 5.11. The number of carbonyl (C=O) groups is 1. The molecule has 2 fully saturated rings. The fraction of sp³-hybridized carbons (Fsp3) is 0.500. The third kappa shape index (κ3) is 2.33. The van der Waals surface area contributed by atoms with Crippen molar-refractivity contribution in [2.45, 2.75) is 44.9 Å². The molecular formula is C18H21N3O3. The van der Waals surface area contributed by atoms with Crippen LogP contribution < -0.4 is 5.56 Å². The van der Waals surface area contributed by atoms with Gasteiger partial charge in [0.2, 0.25) is 0 Å². The molecule has 0 bridgehead atoms. The smallest absolute Gasteiger partial charge is 0.275 e. The van der Waals surface area contributed by atoms with Crippen LogP contribution in [-0.4, -0.2) is 45.9 Å². The Bertz CT molecular complexity index is 845. The number of amides is 1. The van der Waals surface area contributed by atoms with Crippen LogP contribution >= 0.6 is 0 Å². The number of hydrogen-bond donors (Lipinski definition) is 0. The minimum Gasteiger partial charge on any atom is -0.374 e. The van der Waals surface area contributed by atoms with Crippen LogP contribution in [-0.2, 0) is 11.3 Å². The summed E-state index contributed by atoms with van der Waals surface area (Å²) in [6.45, 7) is 3.46. The molecule has 0 N–H and O–H groups in total. The highest BCUT2D eigenvalue weighted by molar-refractivity contribution is 6.05. The fourth-order valence-electron chi connectivity index (χ4n) is 3.92. The first-order valence-electron chi connectivity index (χ1n) is 8.63. The number of aromatic nitrogens is 2. The van der Waals surface area contributed by atoms with E-state index in [1.807, 2.05) is 30.0 Å². The topological polar surface area (TPSA) is 64.4 Å². The van der Waals surface area contributed by atoms with E-state index in [0.717, 1.165) is 19.3 Å². The molecule has 1 saturated carbocycles. The molecule has 6 heteroatoms. The van der Waals surface area contributed by atoms with Gasteiger partial charge in [-0.3, -0.25) is 9.59 Å². The lowest BCUT2D eigenvalue weighted by atomic mass is 10.1. The highest BCUT2D eigenvalue weighted by Crippen LogP contribution is 2.31. The van der Waals surface area contributed by atoms with E-state index in [-0.39, 0.29) is 23.6 Å². The van der Waals surface area contributed by atoms with E-state index in [4.69, 9.17) is 4.74 Å². The van der Waals surface area contributed by atoms with Crippen LogP contribution in [0, 0.1) is 0 Å². The number of morpholine rings is 1. The quantitative estimate of drug-likeness (QED) is 0.844. The van der Waals surface area contributed by atoms with Crippen LogP contribution in [0.3, 0.4) is 0 Å².